The fraction of sp³-hybridized carbons (Fsp3) is 0.500. The maximum absolute atomic E-state index is 13.9. The highest BCUT2D eigenvalue weighted by atomic mass is 32.2. The molecule has 2 aromatic heterocycles. The number of para-hydroxylation sites is 1. The Morgan fingerprint density at radius 1 is 1.05 bits per heavy atom. The van der Waals surface area contributed by atoms with Gasteiger partial charge in [-0.25, -0.2) is 13.4 Å². The molecule has 3 heterocycles. The molecular formula is C30H38N4O6S. The fourth-order valence-electron chi connectivity index (χ4n) is 6.06. The zero-order valence-corrected chi connectivity index (χ0v) is 24.1. The van der Waals surface area contributed by atoms with Gasteiger partial charge in [0.25, 0.3) is 15.9 Å². The molecule has 5 rings (SSSR count). The molecule has 11 heteroatoms. The first-order chi connectivity index (χ1) is 19.7. The van der Waals surface area contributed by atoms with Crippen LogP contribution in [-0.2, 0) is 14.8 Å². The molecule has 1 unspecified atom stereocenters. The molecule has 1 saturated carbocycles. The first-order valence-electron chi connectivity index (χ1n) is 14.5. The van der Waals surface area contributed by atoms with Crippen LogP contribution in [0.4, 0.5) is 0 Å². The van der Waals surface area contributed by atoms with Crippen molar-refractivity contribution in [2.24, 2.45) is 5.92 Å². The number of aliphatic hydroxyl groups excluding tert-OH is 1. The van der Waals surface area contributed by atoms with Crippen molar-refractivity contribution in [1.82, 2.24) is 19.9 Å². The molecule has 1 aromatic carbocycles. The number of aromatic nitrogens is 1. The zero-order valence-electron chi connectivity index (χ0n) is 23.2. The molecule has 1 aliphatic heterocycles. The summed E-state index contributed by atoms with van der Waals surface area (Å²) in [6.07, 6.45) is 6.05. The van der Waals surface area contributed by atoms with Crippen molar-refractivity contribution >= 4 is 32.8 Å². The second kappa shape index (κ2) is 12.7. The van der Waals surface area contributed by atoms with Crippen molar-refractivity contribution in [1.29, 1.82) is 0 Å². The van der Waals surface area contributed by atoms with E-state index in [4.69, 9.17) is 4.42 Å². The van der Waals surface area contributed by atoms with Crippen LogP contribution in [0.5, 0.6) is 0 Å². The average Bonchev–Trinajstić information content (AvgIpc) is 3.36. The molecule has 3 aromatic rings. The van der Waals surface area contributed by atoms with Crippen LogP contribution in [0.1, 0.15) is 75.3 Å². The molecule has 3 N–H and O–H groups in total. The second-order valence-corrected chi connectivity index (χ2v) is 13.0. The molecule has 220 valence electrons. The highest BCUT2D eigenvalue weighted by molar-refractivity contribution is 7.89. The maximum atomic E-state index is 13.9. The van der Waals surface area contributed by atoms with Crippen LogP contribution in [0.3, 0.4) is 0 Å². The molecular weight excluding hydrogens is 544 g/mol. The number of rotatable bonds is 8. The Bertz CT molecular complexity index is 1420. The quantitative estimate of drug-likeness (QED) is 0.365. The van der Waals surface area contributed by atoms with Gasteiger partial charge < -0.3 is 20.2 Å². The first kappa shape index (κ1) is 29.2. The third-order valence-corrected chi connectivity index (χ3v) is 10.1. The lowest BCUT2D eigenvalue weighted by Crippen LogP contribution is -2.61. The number of nitrogens with zero attached hydrogens (tertiary/aromatic N) is 2. The number of furan rings is 1. The number of pyridine rings is 1. The van der Waals surface area contributed by atoms with E-state index >= 15 is 0 Å². The van der Waals surface area contributed by atoms with Crippen LogP contribution in [0.25, 0.3) is 11.0 Å². The predicted octanol–water partition coefficient (Wildman–Crippen LogP) is 3.96. The Morgan fingerprint density at radius 3 is 2.54 bits per heavy atom. The highest BCUT2D eigenvalue weighted by Crippen LogP contribution is 2.30. The summed E-state index contributed by atoms with van der Waals surface area (Å²) >= 11 is 0. The van der Waals surface area contributed by atoms with Crippen LogP contribution < -0.4 is 10.6 Å². The third-order valence-electron chi connectivity index (χ3n) is 8.23. The van der Waals surface area contributed by atoms with Gasteiger partial charge in [-0.3, -0.25) is 9.59 Å². The van der Waals surface area contributed by atoms with Crippen molar-refractivity contribution in [3.8, 4) is 0 Å². The van der Waals surface area contributed by atoms with E-state index in [0.717, 1.165) is 37.5 Å². The van der Waals surface area contributed by atoms with E-state index < -0.39 is 46.2 Å². The van der Waals surface area contributed by atoms with E-state index in [-0.39, 0.29) is 16.7 Å². The van der Waals surface area contributed by atoms with E-state index in [1.807, 2.05) is 18.2 Å². The van der Waals surface area contributed by atoms with Crippen LogP contribution >= 0.6 is 0 Å². The number of aliphatic hydroxyl groups is 1. The SMILES string of the molecule is C[C@@H]1CCC[C@H](O)[C@@H](NC(=O)C(CC2CCCCC2)NC(=O)c2cc3ccccc3o2)N1S(=O)(=O)c1ccccn1. The van der Waals surface area contributed by atoms with Gasteiger partial charge in [-0.05, 0) is 62.8 Å². The molecule has 2 amide bonds. The summed E-state index contributed by atoms with van der Waals surface area (Å²) in [4.78, 5) is 31.2. The Labute approximate surface area is 240 Å². The lowest BCUT2D eigenvalue weighted by Gasteiger charge is -2.36. The summed E-state index contributed by atoms with van der Waals surface area (Å²) < 4.78 is 34.4. The normalized spacial score (nSPS) is 23.5. The number of nitrogens with one attached hydrogen (secondary N) is 2. The van der Waals surface area contributed by atoms with Gasteiger partial charge in [0.15, 0.2) is 10.8 Å². The summed E-state index contributed by atoms with van der Waals surface area (Å²) in [6, 6.07) is 12.1. The summed E-state index contributed by atoms with van der Waals surface area (Å²) in [7, 11) is -4.15. The number of carbonyl (C=O) groups is 2. The minimum absolute atomic E-state index is 0.0927. The molecule has 0 bridgehead atoms. The number of sulfonamides is 1. The lowest BCUT2D eigenvalue weighted by atomic mass is 9.84. The fourth-order valence-corrected chi connectivity index (χ4v) is 7.79. The topological polar surface area (TPSA) is 142 Å². The summed E-state index contributed by atoms with van der Waals surface area (Å²) in [5, 5.41) is 17.4. The van der Waals surface area contributed by atoms with Gasteiger partial charge in [-0.15, -0.1) is 0 Å². The van der Waals surface area contributed by atoms with Crippen LogP contribution in [0.2, 0.25) is 0 Å². The van der Waals surface area contributed by atoms with E-state index in [1.165, 1.54) is 16.6 Å². The standard InChI is InChI=1S/C30H38N4O6S/c1-20-10-9-14-24(35)28(34(20)41(38,39)27-16-7-8-17-31-27)33-29(36)23(18-21-11-3-2-4-12-21)32-30(37)26-19-22-13-5-6-15-25(22)40-26/h5-8,13,15-17,19-21,23-24,28,35H,2-4,9-12,14,18H2,1H3,(H,32,37)(H,33,36)/t20-,23?,24+,28+/m1/s1. The molecule has 2 aliphatic rings. The monoisotopic (exact) mass is 582 g/mol. The van der Waals surface area contributed by atoms with Gasteiger partial charge in [0.2, 0.25) is 5.91 Å². The molecule has 1 aliphatic carbocycles. The van der Waals surface area contributed by atoms with Crippen molar-refractivity contribution < 1.29 is 27.5 Å². The van der Waals surface area contributed by atoms with Crippen molar-refractivity contribution in [2.75, 3.05) is 0 Å². The smallest absolute Gasteiger partial charge is 0.287 e. The van der Waals surface area contributed by atoms with Crippen LogP contribution in [0.15, 0.2) is 64.2 Å². The Hall–Kier alpha value is -3.28. The molecule has 41 heavy (non-hydrogen) atoms. The summed E-state index contributed by atoms with van der Waals surface area (Å²) in [5.41, 5.74) is 0.567. The van der Waals surface area contributed by atoms with Crippen LogP contribution in [-0.4, -0.2) is 59.0 Å². The van der Waals surface area contributed by atoms with Gasteiger partial charge >= 0.3 is 0 Å². The molecule has 0 spiro atoms. The second-order valence-electron chi connectivity index (χ2n) is 11.2. The minimum Gasteiger partial charge on any atom is -0.451 e. The maximum Gasteiger partial charge on any atom is 0.287 e. The predicted molar refractivity (Wildman–Crippen MR) is 153 cm³/mol. The summed E-state index contributed by atoms with van der Waals surface area (Å²) in [5.74, 6) is -0.735. The van der Waals surface area contributed by atoms with Gasteiger partial charge in [0, 0.05) is 17.6 Å². The molecule has 2 fully saturated rings. The number of carbonyl (C=O) groups excluding carboxylic acids is 2. The molecule has 4 atom stereocenters. The van der Waals surface area contributed by atoms with Crippen molar-refractivity contribution in [3.05, 3.63) is 60.5 Å². The van der Waals surface area contributed by atoms with Gasteiger partial charge in [-0.2, -0.15) is 4.31 Å². The number of amides is 2. The van der Waals surface area contributed by atoms with E-state index in [2.05, 4.69) is 15.6 Å². The average molecular weight is 583 g/mol. The molecule has 10 nitrogen and oxygen atoms in total. The number of hydrogen-bond acceptors (Lipinski definition) is 7. The Balaban J connectivity index is 1.42. The van der Waals surface area contributed by atoms with Gasteiger partial charge in [0.1, 0.15) is 17.8 Å². The van der Waals surface area contributed by atoms with E-state index in [1.54, 1.807) is 31.2 Å². The number of fused-ring (bicyclic) bond motifs is 1. The van der Waals surface area contributed by atoms with E-state index in [0.29, 0.717) is 31.3 Å². The third kappa shape index (κ3) is 6.63. The van der Waals surface area contributed by atoms with Gasteiger partial charge in [0.05, 0.1) is 6.10 Å². The molecule has 0 radical (unpaired) electrons. The largest absolute Gasteiger partial charge is 0.451 e. The zero-order chi connectivity index (χ0) is 29.0. The Morgan fingerprint density at radius 2 is 1.80 bits per heavy atom. The first-order valence-corrected chi connectivity index (χ1v) is 15.9. The summed E-state index contributed by atoms with van der Waals surface area (Å²) in [6.45, 7) is 1.76. The molecule has 1 saturated heterocycles. The number of benzene rings is 1. The minimum atomic E-state index is -4.15. The highest BCUT2D eigenvalue weighted by Gasteiger charge is 2.43. The van der Waals surface area contributed by atoms with Crippen molar-refractivity contribution in [3.63, 3.8) is 0 Å². The van der Waals surface area contributed by atoms with Crippen molar-refractivity contribution in [2.45, 2.75) is 94.1 Å². The van der Waals surface area contributed by atoms with E-state index in [9.17, 15) is 23.1 Å². The lowest BCUT2D eigenvalue weighted by molar-refractivity contribution is -0.126. The number of hydrogen-bond donors (Lipinski definition) is 3. The Kier molecular flexibility index (Phi) is 9.06. The van der Waals surface area contributed by atoms with Crippen LogP contribution in [0, 0.1) is 5.92 Å². The van der Waals surface area contributed by atoms with Gasteiger partial charge in [-0.1, -0.05) is 56.4 Å².